The molecule has 88 valence electrons. The largest absolute Gasteiger partial charge is 0.339 e. The molecule has 0 fully saturated rings. The number of carbonyl (C=O) groups excluding carboxylic acids is 1. The van der Waals surface area contributed by atoms with Crippen molar-refractivity contribution in [1.29, 1.82) is 0 Å². The quantitative estimate of drug-likeness (QED) is 0.773. The summed E-state index contributed by atoms with van der Waals surface area (Å²) in [5, 5.41) is 0. The van der Waals surface area contributed by atoms with Crippen molar-refractivity contribution in [3.05, 3.63) is 33.4 Å². The molecule has 0 bridgehead atoms. The SMILES string of the molecule is CCC(CC)N(C)C(=O)c1ccccc1I. The number of amides is 1. The van der Waals surface area contributed by atoms with Gasteiger partial charge in [0.25, 0.3) is 5.91 Å². The molecule has 16 heavy (non-hydrogen) atoms. The van der Waals surface area contributed by atoms with Gasteiger partial charge in [-0.1, -0.05) is 26.0 Å². The fourth-order valence-corrected chi connectivity index (χ4v) is 2.44. The van der Waals surface area contributed by atoms with Gasteiger partial charge in [-0.05, 0) is 47.6 Å². The normalized spacial score (nSPS) is 10.6. The molecule has 0 aromatic heterocycles. The van der Waals surface area contributed by atoms with Crippen LogP contribution in [0.1, 0.15) is 37.0 Å². The second-order valence-electron chi connectivity index (χ2n) is 3.87. The molecular formula is C13H18INO. The first-order valence-corrected chi connectivity index (χ1v) is 6.71. The van der Waals surface area contributed by atoms with Gasteiger partial charge in [-0.3, -0.25) is 4.79 Å². The van der Waals surface area contributed by atoms with Crippen LogP contribution in [-0.2, 0) is 0 Å². The number of benzene rings is 1. The van der Waals surface area contributed by atoms with Crippen molar-refractivity contribution in [1.82, 2.24) is 4.90 Å². The summed E-state index contributed by atoms with van der Waals surface area (Å²) in [6.45, 7) is 4.24. The Morgan fingerprint density at radius 3 is 2.38 bits per heavy atom. The van der Waals surface area contributed by atoms with Gasteiger partial charge in [-0.25, -0.2) is 0 Å². The van der Waals surface area contributed by atoms with Crippen molar-refractivity contribution in [2.45, 2.75) is 32.7 Å². The molecule has 1 aromatic carbocycles. The van der Waals surface area contributed by atoms with Gasteiger partial charge in [0.1, 0.15) is 0 Å². The zero-order chi connectivity index (χ0) is 12.1. The molecule has 0 unspecified atom stereocenters. The van der Waals surface area contributed by atoms with Gasteiger partial charge in [0.05, 0.1) is 5.56 Å². The number of halogens is 1. The van der Waals surface area contributed by atoms with Gasteiger partial charge in [0, 0.05) is 16.7 Å². The first-order valence-electron chi connectivity index (χ1n) is 5.63. The number of carbonyl (C=O) groups is 1. The average Bonchev–Trinajstić information content (AvgIpc) is 2.30. The third kappa shape index (κ3) is 2.97. The van der Waals surface area contributed by atoms with Crippen LogP contribution in [0.4, 0.5) is 0 Å². The van der Waals surface area contributed by atoms with Crippen LogP contribution in [0.15, 0.2) is 24.3 Å². The lowest BCUT2D eigenvalue weighted by Crippen LogP contribution is -2.36. The Labute approximate surface area is 111 Å². The Hall–Kier alpha value is -0.580. The highest BCUT2D eigenvalue weighted by Gasteiger charge is 2.19. The fourth-order valence-electron chi connectivity index (χ4n) is 1.83. The second-order valence-corrected chi connectivity index (χ2v) is 5.03. The highest BCUT2D eigenvalue weighted by molar-refractivity contribution is 14.1. The Morgan fingerprint density at radius 1 is 1.31 bits per heavy atom. The molecule has 1 aromatic rings. The Morgan fingerprint density at radius 2 is 1.88 bits per heavy atom. The van der Waals surface area contributed by atoms with Gasteiger partial charge in [-0.15, -0.1) is 0 Å². The topological polar surface area (TPSA) is 20.3 Å². The predicted octanol–water partition coefficient (Wildman–Crippen LogP) is 3.55. The summed E-state index contributed by atoms with van der Waals surface area (Å²) in [4.78, 5) is 14.1. The first-order chi connectivity index (χ1) is 7.61. The van der Waals surface area contributed by atoms with E-state index >= 15 is 0 Å². The zero-order valence-electron chi connectivity index (χ0n) is 10.0. The molecule has 2 nitrogen and oxygen atoms in total. The summed E-state index contributed by atoms with van der Waals surface area (Å²) in [5.74, 6) is 0.124. The molecule has 1 rings (SSSR count). The molecule has 0 aliphatic rings. The van der Waals surface area contributed by atoms with Gasteiger partial charge in [0.2, 0.25) is 0 Å². The molecule has 3 heteroatoms. The van der Waals surface area contributed by atoms with Gasteiger partial charge < -0.3 is 4.90 Å². The average molecular weight is 331 g/mol. The van der Waals surface area contributed by atoms with Crippen LogP contribution >= 0.6 is 22.6 Å². The van der Waals surface area contributed by atoms with Crippen LogP contribution in [-0.4, -0.2) is 23.9 Å². The van der Waals surface area contributed by atoms with Crippen LogP contribution in [0.2, 0.25) is 0 Å². The van der Waals surface area contributed by atoms with Crippen LogP contribution in [0.5, 0.6) is 0 Å². The van der Waals surface area contributed by atoms with Crippen LogP contribution in [0.3, 0.4) is 0 Å². The van der Waals surface area contributed by atoms with E-state index < -0.39 is 0 Å². The minimum absolute atomic E-state index is 0.124. The summed E-state index contributed by atoms with van der Waals surface area (Å²) in [6.07, 6.45) is 2.00. The van der Waals surface area contributed by atoms with Crippen molar-refractivity contribution < 1.29 is 4.79 Å². The van der Waals surface area contributed by atoms with E-state index in [9.17, 15) is 4.79 Å². The van der Waals surface area contributed by atoms with E-state index in [4.69, 9.17) is 0 Å². The highest BCUT2D eigenvalue weighted by Crippen LogP contribution is 2.16. The summed E-state index contributed by atoms with van der Waals surface area (Å²) >= 11 is 2.21. The van der Waals surface area contributed by atoms with E-state index in [1.54, 1.807) is 0 Å². The van der Waals surface area contributed by atoms with Gasteiger partial charge in [0.15, 0.2) is 0 Å². The van der Waals surface area contributed by atoms with Crippen molar-refractivity contribution in [2.24, 2.45) is 0 Å². The molecule has 0 aliphatic carbocycles. The lowest BCUT2D eigenvalue weighted by atomic mass is 10.1. The number of hydrogen-bond acceptors (Lipinski definition) is 1. The lowest BCUT2D eigenvalue weighted by molar-refractivity contribution is 0.0722. The Bertz CT molecular complexity index is 361. The molecular weight excluding hydrogens is 313 g/mol. The molecule has 1 amide bonds. The summed E-state index contributed by atoms with van der Waals surface area (Å²) in [5.41, 5.74) is 0.803. The molecule has 0 aliphatic heterocycles. The van der Waals surface area contributed by atoms with Crippen LogP contribution in [0.25, 0.3) is 0 Å². The van der Waals surface area contributed by atoms with Crippen molar-refractivity contribution in [3.8, 4) is 0 Å². The number of rotatable bonds is 4. The van der Waals surface area contributed by atoms with Crippen molar-refractivity contribution >= 4 is 28.5 Å². The number of hydrogen-bond donors (Lipinski definition) is 0. The van der Waals surface area contributed by atoms with E-state index in [-0.39, 0.29) is 5.91 Å². The van der Waals surface area contributed by atoms with E-state index in [1.165, 1.54) is 0 Å². The van der Waals surface area contributed by atoms with E-state index in [2.05, 4.69) is 36.4 Å². The van der Waals surface area contributed by atoms with E-state index in [0.29, 0.717) is 6.04 Å². The lowest BCUT2D eigenvalue weighted by Gasteiger charge is -2.26. The summed E-state index contributed by atoms with van der Waals surface area (Å²) < 4.78 is 1.02. The molecule has 0 atom stereocenters. The highest BCUT2D eigenvalue weighted by atomic mass is 127. The first kappa shape index (κ1) is 13.5. The Balaban J connectivity index is 2.90. The third-order valence-corrected chi connectivity index (χ3v) is 3.86. The fraction of sp³-hybridized carbons (Fsp3) is 0.462. The monoisotopic (exact) mass is 331 g/mol. The number of nitrogens with zero attached hydrogens (tertiary/aromatic N) is 1. The zero-order valence-corrected chi connectivity index (χ0v) is 12.2. The van der Waals surface area contributed by atoms with Crippen molar-refractivity contribution in [3.63, 3.8) is 0 Å². The molecule has 0 saturated heterocycles. The summed E-state index contributed by atoms with van der Waals surface area (Å²) in [7, 11) is 1.89. The smallest absolute Gasteiger partial charge is 0.254 e. The molecule has 0 N–H and O–H groups in total. The minimum atomic E-state index is 0.124. The summed E-state index contributed by atoms with van der Waals surface area (Å²) in [6, 6.07) is 8.06. The maximum Gasteiger partial charge on any atom is 0.254 e. The van der Waals surface area contributed by atoms with Gasteiger partial charge in [-0.2, -0.15) is 0 Å². The van der Waals surface area contributed by atoms with Crippen molar-refractivity contribution in [2.75, 3.05) is 7.05 Å². The molecule has 0 spiro atoms. The third-order valence-electron chi connectivity index (χ3n) is 2.91. The van der Waals surface area contributed by atoms with E-state index in [1.807, 2.05) is 36.2 Å². The predicted molar refractivity (Wildman–Crippen MR) is 75.6 cm³/mol. The standard InChI is InChI=1S/C13H18INO/c1-4-10(5-2)15(3)13(16)11-8-6-7-9-12(11)14/h6-10H,4-5H2,1-3H3. The van der Waals surface area contributed by atoms with Gasteiger partial charge >= 0.3 is 0 Å². The molecule has 0 heterocycles. The molecule has 0 saturated carbocycles. The second kappa shape index (κ2) is 6.23. The van der Waals surface area contributed by atoms with Crippen LogP contribution < -0.4 is 0 Å². The maximum absolute atomic E-state index is 12.2. The minimum Gasteiger partial charge on any atom is -0.339 e. The van der Waals surface area contributed by atoms with Crippen LogP contribution in [0, 0.1) is 3.57 Å². The molecule has 0 radical (unpaired) electrons. The Kier molecular flexibility index (Phi) is 5.25. The maximum atomic E-state index is 12.2. The van der Waals surface area contributed by atoms with E-state index in [0.717, 1.165) is 22.0 Å².